The van der Waals surface area contributed by atoms with Crippen LogP contribution >= 0.6 is 11.6 Å². The predicted octanol–water partition coefficient (Wildman–Crippen LogP) is 3.83. The molecule has 2 rings (SSSR count). The number of hydrogen-bond donors (Lipinski definition) is 0. The van der Waals surface area contributed by atoms with Crippen LogP contribution in [0.4, 0.5) is 0 Å². The van der Waals surface area contributed by atoms with E-state index in [1.54, 1.807) is 6.20 Å². The van der Waals surface area contributed by atoms with Crippen LogP contribution in [0.15, 0.2) is 30.5 Å². The molecule has 0 aliphatic heterocycles. The summed E-state index contributed by atoms with van der Waals surface area (Å²) in [7, 11) is 0. The summed E-state index contributed by atoms with van der Waals surface area (Å²) in [5.41, 5.74) is 1.05. The summed E-state index contributed by atoms with van der Waals surface area (Å²) in [6, 6.07) is 8.16. The van der Waals surface area contributed by atoms with Crippen molar-refractivity contribution >= 4 is 22.4 Å². The van der Waals surface area contributed by atoms with Gasteiger partial charge in [0.1, 0.15) is 0 Å². The zero-order valence-corrected chi connectivity index (χ0v) is 11.2. The number of aromatic nitrogens is 2. The van der Waals surface area contributed by atoms with Gasteiger partial charge in [-0.15, -0.1) is 11.6 Å². The fourth-order valence-corrected chi connectivity index (χ4v) is 1.86. The molecule has 1 aromatic heterocycles. The zero-order valence-electron chi connectivity index (χ0n) is 10.4. The number of alkyl halides is 1. The van der Waals surface area contributed by atoms with Crippen LogP contribution in [0.2, 0.25) is 0 Å². The molecule has 1 unspecified atom stereocenters. The van der Waals surface area contributed by atoms with Gasteiger partial charge in [0.2, 0.25) is 0 Å². The minimum atomic E-state index is 0.0580. The molecule has 1 heterocycles. The number of rotatable bonds is 2. The van der Waals surface area contributed by atoms with E-state index in [0.29, 0.717) is 0 Å². The van der Waals surface area contributed by atoms with Gasteiger partial charge in [-0.1, -0.05) is 45.0 Å². The van der Waals surface area contributed by atoms with Crippen molar-refractivity contribution in [3.63, 3.8) is 0 Å². The van der Waals surface area contributed by atoms with Crippen molar-refractivity contribution in [1.82, 2.24) is 10.2 Å². The number of halogens is 1. The minimum absolute atomic E-state index is 0.0580. The van der Waals surface area contributed by atoms with Gasteiger partial charge in [-0.25, -0.2) is 0 Å². The summed E-state index contributed by atoms with van der Waals surface area (Å²) in [4.78, 5) is 0. The van der Waals surface area contributed by atoms with Crippen LogP contribution in [0.1, 0.15) is 26.5 Å². The van der Waals surface area contributed by atoms with E-state index in [2.05, 4.69) is 37.0 Å². The molecule has 1 atom stereocenters. The second-order valence-corrected chi connectivity index (χ2v) is 5.94. The van der Waals surface area contributed by atoms with Crippen molar-refractivity contribution in [3.8, 4) is 0 Å². The fraction of sp³-hybridized carbons (Fsp3) is 0.429. The Balaban J connectivity index is 2.36. The van der Waals surface area contributed by atoms with E-state index < -0.39 is 0 Å². The normalized spacial score (nSPS) is 13.9. The average Bonchev–Trinajstić information content (AvgIpc) is 2.28. The first-order chi connectivity index (χ1) is 7.98. The van der Waals surface area contributed by atoms with Crippen LogP contribution < -0.4 is 0 Å². The molecule has 2 nitrogen and oxygen atoms in total. The third kappa shape index (κ3) is 2.75. The maximum Gasteiger partial charge on any atom is 0.0724 e. The number of nitrogens with zero attached hydrogens (tertiary/aromatic N) is 2. The summed E-state index contributed by atoms with van der Waals surface area (Å²) < 4.78 is 0. The number of benzene rings is 1. The first-order valence-corrected chi connectivity index (χ1v) is 6.25. The standard InChI is InChI=1S/C14H17ClN2/c1-14(2,3)13(15)8-12-11-7-5-4-6-10(11)9-16-17-12/h4-7,9,13H,8H2,1-3H3. The first kappa shape index (κ1) is 12.3. The Morgan fingerprint density at radius 2 is 1.94 bits per heavy atom. The lowest BCUT2D eigenvalue weighted by molar-refractivity contribution is 0.385. The first-order valence-electron chi connectivity index (χ1n) is 5.82. The van der Waals surface area contributed by atoms with Crippen molar-refractivity contribution in [2.75, 3.05) is 0 Å². The van der Waals surface area contributed by atoms with E-state index in [1.165, 1.54) is 0 Å². The predicted molar refractivity (Wildman–Crippen MR) is 72.3 cm³/mol. The molecule has 0 radical (unpaired) electrons. The van der Waals surface area contributed by atoms with Crippen LogP contribution in [-0.4, -0.2) is 15.6 Å². The van der Waals surface area contributed by atoms with E-state index in [0.717, 1.165) is 22.9 Å². The van der Waals surface area contributed by atoms with E-state index in [-0.39, 0.29) is 10.8 Å². The van der Waals surface area contributed by atoms with E-state index >= 15 is 0 Å². The second kappa shape index (κ2) is 4.61. The molecule has 0 fully saturated rings. The van der Waals surface area contributed by atoms with Crippen molar-refractivity contribution in [3.05, 3.63) is 36.2 Å². The van der Waals surface area contributed by atoms with Gasteiger partial charge >= 0.3 is 0 Å². The molecule has 0 aliphatic rings. The average molecular weight is 249 g/mol. The molecule has 0 bridgehead atoms. The maximum absolute atomic E-state index is 6.42. The molecule has 0 saturated heterocycles. The SMILES string of the molecule is CC(C)(C)C(Cl)Cc1nncc2ccccc12. The molecular formula is C14H17ClN2. The monoisotopic (exact) mass is 248 g/mol. The maximum atomic E-state index is 6.42. The zero-order chi connectivity index (χ0) is 12.5. The third-order valence-electron chi connectivity index (χ3n) is 2.96. The lowest BCUT2D eigenvalue weighted by Gasteiger charge is -2.24. The molecule has 90 valence electrons. The van der Waals surface area contributed by atoms with Crippen molar-refractivity contribution in [2.45, 2.75) is 32.6 Å². The number of fused-ring (bicyclic) bond motifs is 1. The highest BCUT2D eigenvalue weighted by molar-refractivity contribution is 6.21. The van der Waals surface area contributed by atoms with Crippen LogP contribution in [0.5, 0.6) is 0 Å². The molecule has 0 amide bonds. The molecule has 0 spiro atoms. The highest BCUT2D eigenvalue weighted by Crippen LogP contribution is 2.28. The van der Waals surface area contributed by atoms with Gasteiger partial charge in [-0.2, -0.15) is 10.2 Å². The Bertz CT molecular complexity index is 512. The van der Waals surface area contributed by atoms with E-state index in [9.17, 15) is 0 Å². The topological polar surface area (TPSA) is 25.8 Å². The van der Waals surface area contributed by atoms with Crippen LogP contribution in [-0.2, 0) is 6.42 Å². The summed E-state index contributed by atoms with van der Waals surface area (Å²) >= 11 is 6.42. The van der Waals surface area contributed by atoms with Crippen LogP contribution in [0.3, 0.4) is 0 Å². The van der Waals surface area contributed by atoms with Crippen molar-refractivity contribution in [1.29, 1.82) is 0 Å². The summed E-state index contributed by atoms with van der Waals surface area (Å²) in [5.74, 6) is 0. The lowest BCUT2D eigenvalue weighted by atomic mass is 9.88. The number of hydrogen-bond acceptors (Lipinski definition) is 2. The molecule has 2 aromatic rings. The molecular weight excluding hydrogens is 232 g/mol. The summed E-state index contributed by atoms with van der Waals surface area (Å²) in [5, 5.41) is 10.6. The van der Waals surface area contributed by atoms with Gasteiger partial charge < -0.3 is 0 Å². The van der Waals surface area contributed by atoms with Gasteiger partial charge in [0.25, 0.3) is 0 Å². The van der Waals surface area contributed by atoms with Crippen LogP contribution in [0.25, 0.3) is 10.8 Å². The van der Waals surface area contributed by atoms with Crippen molar-refractivity contribution < 1.29 is 0 Å². The van der Waals surface area contributed by atoms with Gasteiger partial charge in [-0.3, -0.25) is 0 Å². The smallest absolute Gasteiger partial charge is 0.0724 e. The second-order valence-electron chi connectivity index (χ2n) is 5.42. The minimum Gasteiger partial charge on any atom is -0.158 e. The summed E-state index contributed by atoms with van der Waals surface area (Å²) in [6.45, 7) is 6.43. The molecule has 0 saturated carbocycles. The lowest BCUT2D eigenvalue weighted by Crippen LogP contribution is -2.23. The highest BCUT2D eigenvalue weighted by atomic mass is 35.5. The summed E-state index contributed by atoms with van der Waals surface area (Å²) in [6.07, 6.45) is 2.54. The molecule has 3 heteroatoms. The van der Waals surface area contributed by atoms with E-state index in [4.69, 9.17) is 11.6 Å². The quantitative estimate of drug-likeness (QED) is 0.755. The van der Waals surface area contributed by atoms with Gasteiger partial charge in [0.05, 0.1) is 11.9 Å². The molecule has 1 aromatic carbocycles. The Morgan fingerprint density at radius 1 is 1.24 bits per heavy atom. The van der Waals surface area contributed by atoms with Gasteiger partial charge in [-0.05, 0) is 5.41 Å². The third-order valence-corrected chi connectivity index (χ3v) is 3.77. The Hall–Kier alpha value is -1.15. The van der Waals surface area contributed by atoms with Gasteiger partial charge in [0.15, 0.2) is 0 Å². The largest absolute Gasteiger partial charge is 0.158 e. The Kier molecular flexibility index (Phi) is 3.34. The molecule has 17 heavy (non-hydrogen) atoms. The fourth-order valence-electron chi connectivity index (χ4n) is 1.71. The Morgan fingerprint density at radius 3 is 2.65 bits per heavy atom. The van der Waals surface area contributed by atoms with Crippen molar-refractivity contribution in [2.24, 2.45) is 5.41 Å². The Labute approximate surface area is 107 Å². The van der Waals surface area contributed by atoms with E-state index in [1.807, 2.05) is 18.2 Å². The molecule has 0 aliphatic carbocycles. The van der Waals surface area contributed by atoms with Gasteiger partial charge in [0, 0.05) is 22.6 Å². The van der Waals surface area contributed by atoms with Crippen LogP contribution in [0, 0.1) is 5.41 Å². The molecule has 0 N–H and O–H groups in total. The highest BCUT2D eigenvalue weighted by Gasteiger charge is 2.23.